The summed E-state index contributed by atoms with van der Waals surface area (Å²) in [4.78, 5) is 0. The molecule has 4 rings (SSSR count). The summed E-state index contributed by atoms with van der Waals surface area (Å²) in [5.41, 5.74) is 1.26. The van der Waals surface area contributed by atoms with Gasteiger partial charge < -0.3 is 10.1 Å². The third-order valence-corrected chi connectivity index (χ3v) is 4.94. The summed E-state index contributed by atoms with van der Waals surface area (Å²) in [7, 11) is 0. The molecular formula is C19H25N3O. The average Bonchev–Trinajstić information content (AvgIpc) is 3.49. The first-order valence-corrected chi connectivity index (χ1v) is 8.79. The number of benzene rings is 1. The van der Waals surface area contributed by atoms with Gasteiger partial charge in [0.2, 0.25) is 0 Å². The van der Waals surface area contributed by atoms with Gasteiger partial charge >= 0.3 is 0 Å². The summed E-state index contributed by atoms with van der Waals surface area (Å²) < 4.78 is 7.91. The van der Waals surface area contributed by atoms with E-state index in [0.29, 0.717) is 6.04 Å². The molecule has 1 aromatic heterocycles. The molecule has 1 atom stereocenters. The van der Waals surface area contributed by atoms with Gasteiger partial charge in [0, 0.05) is 12.6 Å². The Morgan fingerprint density at radius 3 is 2.65 bits per heavy atom. The van der Waals surface area contributed by atoms with Gasteiger partial charge in [0.1, 0.15) is 11.6 Å². The summed E-state index contributed by atoms with van der Waals surface area (Å²) >= 11 is 0. The number of anilines is 1. The fourth-order valence-electron chi connectivity index (χ4n) is 2.95. The van der Waals surface area contributed by atoms with E-state index in [1.165, 1.54) is 31.2 Å². The van der Waals surface area contributed by atoms with Gasteiger partial charge in [0.05, 0.1) is 18.8 Å². The maximum absolute atomic E-state index is 5.78. The Balaban J connectivity index is 1.32. The molecule has 0 aliphatic heterocycles. The number of nitrogens with zero attached hydrogens (tertiary/aromatic N) is 2. The molecule has 2 fully saturated rings. The van der Waals surface area contributed by atoms with Crippen LogP contribution in [-0.2, 0) is 6.54 Å². The highest BCUT2D eigenvalue weighted by Crippen LogP contribution is 2.40. The van der Waals surface area contributed by atoms with Crippen molar-refractivity contribution < 1.29 is 4.74 Å². The van der Waals surface area contributed by atoms with Gasteiger partial charge in [-0.25, -0.2) is 4.68 Å². The fraction of sp³-hybridized carbons (Fsp3) is 0.526. The molecule has 1 aromatic carbocycles. The zero-order valence-corrected chi connectivity index (χ0v) is 13.7. The number of hydrogen-bond acceptors (Lipinski definition) is 3. The average molecular weight is 311 g/mol. The van der Waals surface area contributed by atoms with Crippen LogP contribution in [0.1, 0.15) is 44.2 Å². The molecule has 2 aliphatic rings. The van der Waals surface area contributed by atoms with Crippen LogP contribution in [0, 0.1) is 11.8 Å². The smallest absolute Gasteiger partial charge is 0.124 e. The van der Waals surface area contributed by atoms with E-state index in [-0.39, 0.29) is 0 Å². The van der Waals surface area contributed by atoms with Crippen LogP contribution >= 0.6 is 0 Å². The van der Waals surface area contributed by atoms with Crippen LogP contribution in [0.2, 0.25) is 0 Å². The second kappa shape index (κ2) is 6.26. The predicted octanol–water partition coefficient (Wildman–Crippen LogP) is 4.26. The van der Waals surface area contributed by atoms with E-state index in [4.69, 9.17) is 4.74 Å². The summed E-state index contributed by atoms with van der Waals surface area (Å²) in [6.07, 6.45) is 7.21. The lowest BCUT2D eigenvalue weighted by molar-refractivity contribution is 0.299. The molecule has 1 unspecified atom stereocenters. The van der Waals surface area contributed by atoms with Crippen molar-refractivity contribution >= 4 is 5.82 Å². The van der Waals surface area contributed by atoms with Crippen molar-refractivity contribution in [3.05, 3.63) is 42.1 Å². The van der Waals surface area contributed by atoms with E-state index in [0.717, 1.165) is 36.6 Å². The third kappa shape index (κ3) is 3.69. The monoisotopic (exact) mass is 311 g/mol. The first kappa shape index (κ1) is 14.6. The molecule has 2 aromatic rings. The minimum absolute atomic E-state index is 0.491. The Kier molecular flexibility index (Phi) is 3.98. The largest absolute Gasteiger partial charge is 0.493 e. The van der Waals surface area contributed by atoms with Gasteiger partial charge in [-0.05, 0) is 62.1 Å². The van der Waals surface area contributed by atoms with E-state index in [9.17, 15) is 0 Å². The van der Waals surface area contributed by atoms with Gasteiger partial charge in [0.15, 0.2) is 0 Å². The molecule has 1 heterocycles. The van der Waals surface area contributed by atoms with Crippen LogP contribution < -0.4 is 10.1 Å². The summed E-state index contributed by atoms with van der Waals surface area (Å²) in [5, 5.41) is 8.00. The Labute approximate surface area is 137 Å². The van der Waals surface area contributed by atoms with Crippen molar-refractivity contribution in [2.24, 2.45) is 11.8 Å². The van der Waals surface area contributed by atoms with Crippen LogP contribution in [0.3, 0.4) is 0 Å². The molecule has 0 radical (unpaired) electrons. The van der Waals surface area contributed by atoms with E-state index >= 15 is 0 Å². The van der Waals surface area contributed by atoms with E-state index < -0.39 is 0 Å². The molecule has 23 heavy (non-hydrogen) atoms. The Bertz CT molecular complexity index is 641. The zero-order valence-electron chi connectivity index (χ0n) is 13.7. The highest BCUT2D eigenvalue weighted by atomic mass is 16.5. The number of aromatic nitrogens is 2. The van der Waals surface area contributed by atoms with E-state index in [2.05, 4.69) is 52.4 Å². The van der Waals surface area contributed by atoms with Gasteiger partial charge in [-0.3, -0.25) is 0 Å². The normalized spacial score (nSPS) is 18.7. The van der Waals surface area contributed by atoms with E-state index in [1.807, 2.05) is 6.20 Å². The lowest BCUT2D eigenvalue weighted by atomic mass is 10.2. The summed E-state index contributed by atoms with van der Waals surface area (Å²) in [6.45, 7) is 3.95. The Morgan fingerprint density at radius 2 is 1.96 bits per heavy atom. The van der Waals surface area contributed by atoms with Crippen LogP contribution in [0.4, 0.5) is 5.82 Å². The number of ether oxygens (including phenoxy) is 1. The van der Waals surface area contributed by atoms with Crippen molar-refractivity contribution in [2.45, 2.75) is 45.2 Å². The minimum atomic E-state index is 0.491. The molecule has 4 heteroatoms. The van der Waals surface area contributed by atoms with Crippen LogP contribution in [0.15, 0.2) is 36.5 Å². The number of rotatable bonds is 8. The van der Waals surface area contributed by atoms with Crippen LogP contribution in [0.5, 0.6) is 5.75 Å². The summed E-state index contributed by atoms with van der Waals surface area (Å²) in [5.74, 6) is 3.69. The lowest BCUT2D eigenvalue weighted by Gasteiger charge is -2.16. The molecular weight excluding hydrogens is 286 g/mol. The lowest BCUT2D eigenvalue weighted by Crippen LogP contribution is -2.13. The highest BCUT2D eigenvalue weighted by molar-refractivity contribution is 5.37. The highest BCUT2D eigenvalue weighted by Gasteiger charge is 2.30. The first-order chi connectivity index (χ1) is 11.3. The van der Waals surface area contributed by atoms with Crippen LogP contribution in [-0.4, -0.2) is 16.4 Å². The Hall–Kier alpha value is -1.97. The molecule has 0 bridgehead atoms. The Morgan fingerprint density at radius 1 is 1.17 bits per heavy atom. The molecule has 1 N–H and O–H groups in total. The zero-order chi connectivity index (χ0) is 15.6. The van der Waals surface area contributed by atoms with Crippen molar-refractivity contribution in [2.75, 3.05) is 11.9 Å². The molecule has 4 nitrogen and oxygen atoms in total. The van der Waals surface area contributed by atoms with Gasteiger partial charge in [-0.2, -0.15) is 5.10 Å². The van der Waals surface area contributed by atoms with Crippen molar-refractivity contribution in [3.63, 3.8) is 0 Å². The maximum Gasteiger partial charge on any atom is 0.124 e. The molecule has 2 aliphatic carbocycles. The predicted molar refractivity (Wildman–Crippen MR) is 91.6 cm³/mol. The molecule has 122 valence electrons. The fourth-order valence-corrected chi connectivity index (χ4v) is 2.95. The third-order valence-electron chi connectivity index (χ3n) is 4.94. The summed E-state index contributed by atoms with van der Waals surface area (Å²) in [6, 6.07) is 11.0. The topological polar surface area (TPSA) is 39.1 Å². The van der Waals surface area contributed by atoms with Crippen molar-refractivity contribution in [1.29, 1.82) is 0 Å². The van der Waals surface area contributed by atoms with Crippen molar-refractivity contribution in [3.8, 4) is 5.75 Å². The van der Waals surface area contributed by atoms with Gasteiger partial charge in [-0.15, -0.1) is 0 Å². The minimum Gasteiger partial charge on any atom is -0.493 e. The number of nitrogens with one attached hydrogen (secondary N) is 1. The van der Waals surface area contributed by atoms with Crippen molar-refractivity contribution in [1.82, 2.24) is 9.78 Å². The second-order valence-corrected chi connectivity index (χ2v) is 6.99. The number of hydrogen-bond donors (Lipinski definition) is 1. The van der Waals surface area contributed by atoms with Crippen LogP contribution in [0.25, 0.3) is 0 Å². The molecule has 0 saturated heterocycles. The molecule has 0 spiro atoms. The standard InChI is InChI=1S/C19H25N3O/c1-14(17-6-7-17)22-19(10-11-21-22)20-12-15-4-8-18(9-5-15)23-13-16-2-3-16/h4-5,8-11,14,16-17,20H,2-3,6-7,12-13H2,1H3. The van der Waals surface area contributed by atoms with Gasteiger partial charge in [0.25, 0.3) is 0 Å². The quantitative estimate of drug-likeness (QED) is 0.792. The molecule has 0 amide bonds. The molecule has 2 saturated carbocycles. The second-order valence-electron chi connectivity index (χ2n) is 6.99. The first-order valence-electron chi connectivity index (χ1n) is 8.79. The van der Waals surface area contributed by atoms with E-state index in [1.54, 1.807) is 0 Å². The SMILES string of the molecule is CC(C1CC1)n1nccc1NCc1ccc(OCC2CC2)cc1. The maximum atomic E-state index is 5.78. The van der Waals surface area contributed by atoms with Gasteiger partial charge in [-0.1, -0.05) is 12.1 Å².